The van der Waals surface area contributed by atoms with E-state index < -0.39 is 0 Å². The Balaban J connectivity index is 1.39. The third-order valence-electron chi connectivity index (χ3n) is 5.77. The molecule has 7 nitrogen and oxygen atoms in total. The number of carbonyl (C=O) groups is 1. The van der Waals surface area contributed by atoms with E-state index in [1.54, 1.807) is 7.11 Å². The van der Waals surface area contributed by atoms with Gasteiger partial charge in [-0.05, 0) is 68.7 Å². The Bertz CT molecular complexity index is 1020. The summed E-state index contributed by atoms with van der Waals surface area (Å²) in [6.45, 7) is 6.16. The lowest BCUT2D eigenvalue weighted by atomic mass is 9.95. The van der Waals surface area contributed by atoms with Crippen LogP contribution in [0.1, 0.15) is 25.3 Å². The Kier molecular flexibility index (Phi) is 6.21. The number of methoxy groups -OCH3 is 1. The summed E-state index contributed by atoms with van der Waals surface area (Å²) >= 11 is 0. The number of piperidine rings is 1. The van der Waals surface area contributed by atoms with Gasteiger partial charge < -0.3 is 19.1 Å². The molecule has 0 unspecified atom stereocenters. The molecule has 1 amide bonds. The van der Waals surface area contributed by atoms with E-state index in [1.807, 2.05) is 61.2 Å². The molecule has 0 atom stereocenters. The molecule has 0 radical (unpaired) electrons. The summed E-state index contributed by atoms with van der Waals surface area (Å²) in [4.78, 5) is 21.7. The van der Waals surface area contributed by atoms with Crippen molar-refractivity contribution in [2.24, 2.45) is 5.92 Å². The third kappa shape index (κ3) is 4.55. The molecule has 1 aliphatic rings. The molecule has 3 aromatic rings. The quantitative estimate of drug-likeness (QED) is 0.591. The zero-order chi connectivity index (χ0) is 21.8. The third-order valence-corrected chi connectivity index (χ3v) is 5.77. The van der Waals surface area contributed by atoms with Crippen LogP contribution in [-0.2, 0) is 4.79 Å². The molecule has 2 aromatic carbocycles. The second-order valence-electron chi connectivity index (χ2n) is 7.81. The fraction of sp³-hybridized carbons (Fsp3) is 0.375. The van der Waals surface area contributed by atoms with Crippen molar-refractivity contribution in [1.82, 2.24) is 10.1 Å². The number of aromatic nitrogens is 2. The van der Waals surface area contributed by atoms with Crippen molar-refractivity contribution in [3.8, 4) is 17.1 Å². The predicted molar refractivity (Wildman–Crippen MR) is 120 cm³/mol. The van der Waals surface area contributed by atoms with Crippen LogP contribution < -0.4 is 14.5 Å². The summed E-state index contributed by atoms with van der Waals surface area (Å²) in [5.74, 6) is 1.52. The SMILES string of the molecule is CCN(C(=O)C1CCN(c2nc(-c3ccc(OC)cc3)no2)CC1)c1cccc(C)c1. The van der Waals surface area contributed by atoms with Crippen molar-refractivity contribution in [1.29, 1.82) is 0 Å². The monoisotopic (exact) mass is 420 g/mol. The normalized spacial score (nSPS) is 14.5. The molecule has 0 spiro atoms. The highest BCUT2D eigenvalue weighted by Gasteiger charge is 2.30. The summed E-state index contributed by atoms with van der Waals surface area (Å²) in [7, 11) is 1.64. The number of rotatable bonds is 6. The topological polar surface area (TPSA) is 71.7 Å². The van der Waals surface area contributed by atoms with E-state index in [0.29, 0.717) is 31.5 Å². The van der Waals surface area contributed by atoms with Crippen LogP contribution >= 0.6 is 0 Å². The van der Waals surface area contributed by atoms with Gasteiger partial charge in [-0.15, -0.1) is 0 Å². The smallest absolute Gasteiger partial charge is 0.324 e. The molecule has 1 aromatic heterocycles. The Morgan fingerprint density at radius 1 is 1.19 bits per heavy atom. The predicted octanol–water partition coefficient (Wildman–Crippen LogP) is 4.32. The van der Waals surface area contributed by atoms with Crippen molar-refractivity contribution < 1.29 is 14.1 Å². The zero-order valence-electron chi connectivity index (χ0n) is 18.2. The average Bonchev–Trinajstić information content (AvgIpc) is 3.30. The van der Waals surface area contributed by atoms with Crippen molar-refractivity contribution in [3.63, 3.8) is 0 Å². The molecule has 1 aliphatic heterocycles. The molecular weight excluding hydrogens is 392 g/mol. The van der Waals surface area contributed by atoms with E-state index >= 15 is 0 Å². The van der Waals surface area contributed by atoms with E-state index in [2.05, 4.69) is 21.1 Å². The number of hydrogen-bond donors (Lipinski definition) is 0. The van der Waals surface area contributed by atoms with Gasteiger partial charge in [-0.25, -0.2) is 0 Å². The number of amides is 1. The molecule has 7 heteroatoms. The van der Waals surface area contributed by atoms with Crippen molar-refractivity contribution >= 4 is 17.6 Å². The van der Waals surface area contributed by atoms with Gasteiger partial charge in [0.05, 0.1) is 7.11 Å². The van der Waals surface area contributed by atoms with Crippen LogP contribution in [0.25, 0.3) is 11.4 Å². The maximum Gasteiger partial charge on any atom is 0.324 e. The van der Waals surface area contributed by atoms with Gasteiger partial charge in [-0.1, -0.05) is 17.3 Å². The largest absolute Gasteiger partial charge is 0.497 e. The van der Waals surface area contributed by atoms with Crippen molar-refractivity contribution in [3.05, 3.63) is 54.1 Å². The Hall–Kier alpha value is -3.35. The highest BCUT2D eigenvalue weighted by molar-refractivity contribution is 5.95. The summed E-state index contributed by atoms with van der Waals surface area (Å²) < 4.78 is 10.7. The fourth-order valence-corrected chi connectivity index (χ4v) is 4.00. The minimum absolute atomic E-state index is 0.000641. The molecule has 4 rings (SSSR count). The van der Waals surface area contributed by atoms with Crippen LogP contribution in [0.4, 0.5) is 11.7 Å². The van der Waals surface area contributed by atoms with Crippen LogP contribution in [0, 0.1) is 12.8 Å². The van der Waals surface area contributed by atoms with Gasteiger partial charge in [-0.2, -0.15) is 4.98 Å². The van der Waals surface area contributed by atoms with E-state index in [4.69, 9.17) is 9.26 Å². The van der Waals surface area contributed by atoms with Gasteiger partial charge in [0.25, 0.3) is 0 Å². The van der Waals surface area contributed by atoms with Gasteiger partial charge in [-0.3, -0.25) is 4.79 Å². The molecule has 0 aliphatic carbocycles. The van der Waals surface area contributed by atoms with Crippen LogP contribution in [0.5, 0.6) is 5.75 Å². The number of anilines is 2. The first kappa shape index (κ1) is 20.9. The number of carbonyl (C=O) groups excluding carboxylic acids is 1. The minimum atomic E-state index is 0.000641. The van der Waals surface area contributed by atoms with Gasteiger partial charge in [0.2, 0.25) is 11.7 Å². The Morgan fingerprint density at radius 2 is 1.94 bits per heavy atom. The highest BCUT2D eigenvalue weighted by atomic mass is 16.5. The van der Waals surface area contributed by atoms with Gasteiger partial charge in [0, 0.05) is 36.8 Å². The average molecular weight is 421 g/mol. The van der Waals surface area contributed by atoms with Crippen LogP contribution in [-0.4, -0.2) is 42.8 Å². The molecular formula is C24H28N4O3. The maximum atomic E-state index is 13.2. The van der Waals surface area contributed by atoms with E-state index in [-0.39, 0.29) is 11.8 Å². The van der Waals surface area contributed by atoms with E-state index in [1.165, 1.54) is 0 Å². The summed E-state index contributed by atoms with van der Waals surface area (Å²) in [5, 5.41) is 4.12. The lowest BCUT2D eigenvalue weighted by Gasteiger charge is -2.33. The molecule has 0 bridgehead atoms. The van der Waals surface area contributed by atoms with Crippen LogP contribution in [0.2, 0.25) is 0 Å². The molecule has 0 saturated carbocycles. The number of benzene rings is 2. The minimum Gasteiger partial charge on any atom is -0.497 e. The van der Waals surface area contributed by atoms with Crippen LogP contribution in [0.15, 0.2) is 53.1 Å². The van der Waals surface area contributed by atoms with E-state index in [0.717, 1.165) is 35.4 Å². The summed E-state index contributed by atoms with van der Waals surface area (Å²) in [6.07, 6.45) is 1.53. The second-order valence-corrected chi connectivity index (χ2v) is 7.81. The number of ether oxygens (including phenoxy) is 1. The van der Waals surface area contributed by atoms with Gasteiger partial charge >= 0.3 is 6.01 Å². The second kappa shape index (κ2) is 9.20. The van der Waals surface area contributed by atoms with E-state index in [9.17, 15) is 4.79 Å². The van der Waals surface area contributed by atoms with Gasteiger partial charge in [0.15, 0.2) is 0 Å². The molecule has 31 heavy (non-hydrogen) atoms. The summed E-state index contributed by atoms with van der Waals surface area (Å²) in [5.41, 5.74) is 3.00. The van der Waals surface area contributed by atoms with Crippen molar-refractivity contribution in [2.75, 3.05) is 36.5 Å². The molecule has 1 saturated heterocycles. The fourth-order valence-electron chi connectivity index (χ4n) is 4.00. The first-order valence-electron chi connectivity index (χ1n) is 10.7. The Labute approximate surface area is 182 Å². The van der Waals surface area contributed by atoms with Gasteiger partial charge in [0.1, 0.15) is 5.75 Å². The first-order chi connectivity index (χ1) is 15.1. The number of nitrogens with zero attached hydrogens (tertiary/aromatic N) is 4. The zero-order valence-corrected chi connectivity index (χ0v) is 18.2. The lowest BCUT2D eigenvalue weighted by Crippen LogP contribution is -2.43. The lowest BCUT2D eigenvalue weighted by molar-refractivity contribution is -0.122. The summed E-state index contributed by atoms with van der Waals surface area (Å²) in [6, 6.07) is 16.2. The molecule has 0 N–H and O–H groups in total. The molecule has 1 fully saturated rings. The number of aryl methyl sites for hydroxylation is 1. The molecule has 162 valence electrons. The number of hydrogen-bond acceptors (Lipinski definition) is 6. The standard InChI is InChI=1S/C24H28N4O3/c1-4-28(20-7-5-6-17(2)16-20)23(29)19-12-14-27(15-13-19)24-25-22(26-31-24)18-8-10-21(30-3)11-9-18/h5-11,16,19H,4,12-15H2,1-3H3. The Morgan fingerprint density at radius 3 is 2.58 bits per heavy atom. The van der Waals surface area contributed by atoms with Crippen LogP contribution in [0.3, 0.4) is 0 Å². The highest BCUT2D eigenvalue weighted by Crippen LogP contribution is 2.28. The molecule has 2 heterocycles. The van der Waals surface area contributed by atoms with Crippen molar-refractivity contribution in [2.45, 2.75) is 26.7 Å². The first-order valence-corrected chi connectivity index (χ1v) is 10.7. The maximum absolute atomic E-state index is 13.2.